The maximum atomic E-state index is 8.66. The van der Waals surface area contributed by atoms with E-state index in [0.717, 1.165) is 6.42 Å². The quantitative estimate of drug-likeness (QED) is 0.553. The van der Waals surface area contributed by atoms with Gasteiger partial charge in [0, 0.05) is 6.07 Å². The Balaban J connectivity index is 2.53. The molecule has 1 rings (SSSR count). The zero-order chi connectivity index (χ0) is 12.7. The molecule has 0 saturated heterocycles. The van der Waals surface area contributed by atoms with Gasteiger partial charge < -0.3 is 24.2 Å². The standard InChI is InChI=1S/C11H17BO5/c1-3-7-15-9(2)16-10-5-4-6-11(8-10)17-12(13)14/h4-6,8-9,13-14H,3,7H2,1-2H3. The van der Waals surface area contributed by atoms with E-state index < -0.39 is 7.32 Å². The minimum Gasteiger partial charge on any atom is -0.512 e. The van der Waals surface area contributed by atoms with Crippen LogP contribution < -0.4 is 9.39 Å². The van der Waals surface area contributed by atoms with Crippen molar-refractivity contribution in [2.45, 2.75) is 26.6 Å². The molecule has 1 atom stereocenters. The van der Waals surface area contributed by atoms with Gasteiger partial charge in [0.2, 0.25) is 0 Å². The first kappa shape index (κ1) is 13.8. The van der Waals surface area contributed by atoms with Crippen LogP contribution in [0.15, 0.2) is 24.3 Å². The minimum absolute atomic E-state index is 0.320. The number of benzene rings is 1. The van der Waals surface area contributed by atoms with Crippen molar-refractivity contribution in [2.75, 3.05) is 6.61 Å². The summed E-state index contributed by atoms with van der Waals surface area (Å²) in [6.07, 6.45) is 0.567. The second-order valence-electron chi connectivity index (χ2n) is 3.48. The molecule has 5 nitrogen and oxygen atoms in total. The Morgan fingerprint density at radius 2 is 2.00 bits per heavy atom. The molecular weight excluding hydrogens is 223 g/mol. The van der Waals surface area contributed by atoms with E-state index in [4.69, 9.17) is 24.2 Å². The zero-order valence-corrected chi connectivity index (χ0v) is 10.00. The Morgan fingerprint density at radius 1 is 1.29 bits per heavy atom. The lowest BCUT2D eigenvalue weighted by atomic mass is 10.2. The lowest BCUT2D eigenvalue weighted by Gasteiger charge is -2.15. The zero-order valence-electron chi connectivity index (χ0n) is 10.00. The van der Waals surface area contributed by atoms with E-state index in [1.54, 1.807) is 31.2 Å². The smallest absolute Gasteiger partial charge is 0.512 e. The van der Waals surface area contributed by atoms with E-state index in [2.05, 4.69) is 0 Å². The summed E-state index contributed by atoms with van der Waals surface area (Å²) >= 11 is 0. The van der Waals surface area contributed by atoms with Crippen LogP contribution >= 0.6 is 0 Å². The Hall–Kier alpha value is -1.24. The molecule has 0 heterocycles. The fourth-order valence-corrected chi connectivity index (χ4v) is 1.25. The van der Waals surface area contributed by atoms with Crippen molar-refractivity contribution in [3.8, 4) is 11.5 Å². The van der Waals surface area contributed by atoms with Gasteiger partial charge in [-0.05, 0) is 25.5 Å². The molecule has 0 spiro atoms. The molecule has 1 unspecified atom stereocenters. The Morgan fingerprint density at radius 3 is 2.65 bits per heavy atom. The maximum absolute atomic E-state index is 8.66. The maximum Gasteiger partial charge on any atom is 0.707 e. The van der Waals surface area contributed by atoms with Crippen molar-refractivity contribution >= 4 is 7.32 Å². The monoisotopic (exact) mass is 240 g/mol. The molecule has 1 aromatic rings. The van der Waals surface area contributed by atoms with Gasteiger partial charge in [-0.15, -0.1) is 0 Å². The average Bonchev–Trinajstić information content (AvgIpc) is 2.26. The van der Waals surface area contributed by atoms with E-state index in [1.807, 2.05) is 6.92 Å². The van der Waals surface area contributed by atoms with Gasteiger partial charge in [-0.1, -0.05) is 13.0 Å². The van der Waals surface area contributed by atoms with Crippen LogP contribution in [0.4, 0.5) is 0 Å². The van der Waals surface area contributed by atoms with Gasteiger partial charge in [-0.2, -0.15) is 0 Å². The van der Waals surface area contributed by atoms with Crippen LogP contribution in [0.3, 0.4) is 0 Å². The summed E-state index contributed by atoms with van der Waals surface area (Å²) in [5.74, 6) is 0.868. The first-order valence-electron chi connectivity index (χ1n) is 5.53. The van der Waals surface area contributed by atoms with Crippen molar-refractivity contribution in [3.63, 3.8) is 0 Å². The van der Waals surface area contributed by atoms with Crippen LogP contribution in [0, 0.1) is 0 Å². The van der Waals surface area contributed by atoms with Gasteiger partial charge in [0.05, 0.1) is 6.61 Å². The molecule has 0 aliphatic carbocycles. The molecule has 0 aliphatic rings. The predicted molar refractivity (Wildman–Crippen MR) is 63.6 cm³/mol. The fourth-order valence-electron chi connectivity index (χ4n) is 1.25. The summed E-state index contributed by atoms with van der Waals surface area (Å²) in [6, 6.07) is 6.59. The summed E-state index contributed by atoms with van der Waals surface area (Å²) in [7, 11) is -1.83. The van der Waals surface area contributed by atoms with Crippen LogP contribution in [0.2, 0.25) is 0 Å². The highest BCUT2D eigenvalue weighted by Gasteiger charge is 2.12. The fraction of sp³-hybridized carbons (Fsp3) is 0.455. The lowest BCUT2D eigenvalue weighted by molar-refractivity contribution is -0.0663. The summed E-state index contributed by atoms with van der Waals surface area (Å²) in [5.41, 5.74) is 0. The van der Waals surface area contributed by atoms with Gasteiger partial charge in [0.25, 0.3) is 0 Å². The van der Waals surface area contributed by atoms with E-state index >= 15 is 0 Å². The van der Waals surface area contributed by atoms with Crippen LogP contribution in [0.5, 0.6) is 11.5 Å². The number of hydrogen-bond acceptors (Lipinski definition) is 5. The van der Waals surface area contributed by atoms with Crippen LogP contribution in [-0.4, -0.2) is 30.3 Å². The van der Waals surface area contributed by atoms with E-state index in [0.29, 0.717) is 18.1 Å². The molecule has 94 valence electrons. The lowest BCUT2D eigenvalue weighted by Crippen LogP contribution is -2.20. The van der Waals surface area contributed by atoms with Crippen molar-refractivity contribution in [1.29, 1.82) is 0 Å². The summed E-state index contributed by atoms with van der Waals surface area (Å²) in [4.78, 5) is 0. The molecule has 0 bridgehead atoms. The number of hydrogen-bond donors (Lipinski definition) is 2. The summed E-state index contributed by atoms with van der Waals surface area (Å²) in [6.45, 7) is 4.45. The van der Waals surface area contributed by atoms with Crippen molar-refractivity contribution in [2.24, 2.45) is 0 Å². The Kier molecular flexibility index (Phi) is 5.83. The Labute approximate surface area is 101 Å². The highest BCUT2D eigenvalue weighted by Crippen LogP contribution is 2.20. The van der Waals surface area contributed by atoms with Gasteiger partial charge >= 0.3 is 7.32 Å². The second kappa shape index (κ2) is 7.16. The summed E-state index contributed by atoms with van der Waals surface area (Å²) in [5, 5.41) is 17.3. The molecule has 2 N–H and O–H groups in total. The third kappa shape index (κ3) is 5.58. The third-order valence-electron chi connectivity index (χ3n) is 1.91. The van der Waals surface area contributed by atoms with Gasteiger partial charge in [-0.3, -0.25) is 0 Å². The largest absolute Gasteiger partial charge is 0.707 e. The van der Waals surface area contributed by atoms with E-state index in [-0.39, 0.29) is 6.29 Å². The van der Waals surface area contributed by atoms with E-state index in [9.17, 15) is 0 Å². The van der Waals surface area contributed by atoms with Crippen molar-refractivity contribution < 1.29 is 24.2 Å². The van der Waals surface area contributed by atoms with Gasteiger partial charge in [0.1, 0.15) is 11.5 Å². The Bertz CT molecular complexity index is 331. The topological polar surface area (TPSA) is 68.2 Å². The third-order valence-corrected chi connectivity index (χ3v) is 1.91. The first-order chi connectivity index (χ1) is 8.11. The van der Waals surface area contributed by atoms with Crippen LogP contribution in [0.1, 0.15) is 20.3 Å². The van der Waals surface area contributed by atoms with Gasteiger partial charge in [0.15, 0.2) is 6.29 Å². The van der Waals surface area contributed by atoms with Crippen LogP contribution in [-0.2, 0) is 4.74 Å². The molecule has 0 aliphatic heterocycles. The van der Waals surface area contributed by atoms with Gasteiger partial charge in [-0.25, -0.2) is 0 Å². The molecule has 0 aromatic heterocycles. The molecule has 1 aromatic carbocycles. The molecule has 0 radical (unpaired) electrons. The number of rotatable bonds is 7. The average molecular weight is 240 g/mol. The highest BCUT2D eigenvalue weighted by atomic mass is 16.7. The van der Waals surface area contributed by atoms with Crippen LogP contribution in [0.25, 0.3) is 0 Å². The van der Waals surface area contributed by atoms with Crippen molar-refractivity contribution in [1.82, 2.24) is 0 Å². The highest BCUT2D eigenvalue weighted by molar-refractivity contribution is 6.33. The van der Waals surface area contributed by atoms with E-state index in [1.165, 1.54) is 0 Å². The first-order valence-corrected chi connectivity index (χ1v) is 5.53. The molecule has 6 heteroatoms. The van der Waals surface area contributed by atoms with Crippen molar-refractivity contribution in [3.05, 3.63) is 24.3 Å². The molecule has 0 fully saturated rings. The molecule has 0 saturated carbocycles. The molecule has 0 amide bonds. The second-order valence-corrected chi connectivity index (χ2v) is 3.48. The molecule has 17 heavy (non-hydrogen) atoms. The number of ether oxygens (including phenoxy) is 2. The minimum atomic E-state index is -1.83. The predicted octanol–water partition coefficient (Wildman–Crippen LogP) is 1.19. The SMILES string of the molecule is CCCOC(C)Oc1cccc(OB(O)O)c1. The summed E-state index contributed by atoms with van der Waals surface area (Å²) < 4.78 is 15.5. The molecular formula is C11H17BO5. The normalized spacial score (nSPS) is 12.0.